The Labute approximate surface area is 192 Å². The average Bonchev–Trinajstić information content (AvgIpc) is 2.61. The molecular formula is C12H22Br4O12. The van der Waals surface area contributed by atoms with Crippen LogP contribution in [0.15, 0.2) is 0 Å². The summed E-state index contributed by atoms with van der Waals surface area (Å²) in [6, 6.07) is 0. The smallest absolute Gasteiger partial charge is 0.203 e. The lowest BCUT2D eigenvalue weighted by atomic mass is 10.0. The molecule has 0 radical (unpaired) electrons. The first-order valence-electron chi connectivity index (χ1n) is 7.14. The molecule has 0 aliphatic carbocycles. The molecule has 0 unspecified atom stereocenters. The summed E-state index contributed by atoms with van der Waals surface area (Å²) in [4.78, 5) is 10.0. The largest absolute Gasteiger partial charge is 0.394 e. The summed E-state index contributed by atoms with van der Waals surface area (Å²) in [5.74, 6) is 0. The Kier molecular flexibility index (Phi) is 15.2. The third-order valence-corrected chi connectivity index (χ3v) is 5.01. The van der Waals surface area contributed by atoms with Crippen molar-refractivity contribution in [3.05, 3.63) is 0 Å². The fraction of sp³-hybridized carbons (Fsp3) is 0.917. The Bertz CT molecular complexity index is 445. The molecule has 0 spiro atoms. The van der Waals surface area contributed by atoms with Crippen molar-refractivity contribution in [1.82, 2.24) is 0 Å². The highest BCUT2D eigenvalue weighted by Gasteiger charge is 2.41. The van der Waals surface area contributed by atoms with Crippen LogP contribution in [-0.2, 0) is 4.79 Å². The number of hydrogen-bond donors (Lipinski definition) is 11. The minimum Gasteiger partial charge on any atom is -0.394 e. The summed E-state index contributed by atoms with van der Waals surface area (Å²) >= 11 is 10.3. The van der Waals surface area contributed by atoms with Crippen LogP contribution in [-0.4, -0.2) is 125 Å². The number of aliphatic hydroxyl groups is 11. The van der Waals surface area contributed by atoms with Crippen molar-refractivity contribution >= 4 is 70.0 Å². The number of halogens is 4. The molecule has 16 heteroatoms. The molecule has 0 saturated heterocycles. The molecule has 0 saturated carbocycles. The molecule has 0 heterocycles. The first kappa shape index (κ1) is 31.3. The zero-order chi connectivity index (χ0) is 23.0. The van der Waals surface area contributed by atoms with Gasteiger partial charge in [-0.15, -0.1) is 0 Å². The fourth-order valence-electron chi connectivity index (χ4n) is 1.40. The van der Waals surface area contributed by atoms with E-state index in [0.717, 1.165) is 0 Å². The van der Waals surface area contributed by atoms with Gasteiger partial charge in [-0.2, -0.15) is 0 Å². The van der Waals surface area contributed by atoms with E-state index in [-0.39, 0.29) is 6.29 Å². The summed E-state index contributed by atoms with van der Waals surface area (Å²) in [5.41, 5.74) is 0. The van der Waals surface area contributed by atoms with Gasteiger partial charge in [0.1, 0.15) is 48.8 Å². The molecule has 0 rings (SSSR count). The second kappa shape index (κ2) is 13.5. The zero-order valence-corrected chi connectivity index (χ0v) is 20.1. The number of aliphatic hydroxyl groups excluding tert-OH is 9. The van der Waals surface area contributed by atoms with Gasteiger partial charge in [0.2, 0.25) is 6.84 Å². The van der Waals surface area contributed by atoms with Gasteiger partial charge in [-0.05, 0) is 63.7 Å². The maximum Gasteiger partial charge on any atom is 0.203 e. The van der Waals surface area contributed by atoms with Crippen molar-refractivity contribution in [1.29, 1.82) is 0 Å². The van der Waals surface area contributed by atoms with Crippen LogP contribution < -0.4 is 0 Å². The maximum atomic E-state index is 10.0. The second-order valence-electron chi connectivity index (χ2n) is 5.40. The third kappa shape index (κ3) is 11.0. The highest BCUT2D eigenvalue weighted by molar-refractivity contribution is 9.25. The molecule has 0 aromatic heterocycles. The third-order valence-electron chi connectivity index (χ3n) is 3.13. The van der Waals surface area contributed by atoms with E-state index in [1.165, 1.54) is 0 Å². The van der Waals surface area contributed by atoms with E-state index in [1.807, 2.05) is 0 Å². The minimum absolute atomic E-state index is 0.00211. The predicted octanol–water partition coefficient (Wildman–Crippen LogP) is -4.08. The highest BCUT2D eigenvalue weighted by Crippen LogP contribution is 2.30. The van der Waals surface area contributed by atoms with Crippen molar-refractivity contribution in [3.8, 4) is 0 Å². The number of rotatable bonds is 10. The van der Waals surface area contributed by atoms with Crippen LogP contribution in [0, 0.1) is 0 Å². The van der Waals surface area contributed by atoms with Crippen LogP contribution in [0.5, 0.6) is 0 Å². The molecule has 0 aliphatic heterocycles. The molecule has 8 atom stereocenters. The Morgan fingerprint density at radius 2 is 1.00 bits per heavy atom. The number of hydrogen-bond acceptors (Lipinski definition) is 12. The van der Waals surface area contributed by atoms with Crippen molar-refractivity contribution in [2.45, 2.75) is 55.7 Å². The van der Waals surface area contributed by atoms with E-state index in [1.54, 1.807) is 0 Å². The molecule has 0 amide bonds. The molecule has 11 N–H and O–H groups in total. The lowest BCUT2D eigenvalue weighted by molar-refractivity contribution is -0.139. The first-order valence-corrected chi connectivity index (χ1v) is 10.3. The van der Waals surface area contributed by atoms with E-state index in [0.29, 0.717) is 0 Å². The number of alkyl halides is 4. The van der Waals surface area contributed by atoms with Crippen LogP contribution in [0.4, 0.5) is 0 Å². The summed E-state index contributed by atoms with van der Waals surface area (Å²) in [5, 5.41) is 99.5. The van der Waals surface area contributed by atoms with Crippen LogP contribution in [0.1, 0.15) is 0 Å². The molecule has 170 valence electrons. The molecule has 0 fully saturated rings. The Morgan fingerprint density at radius 3 is 1.25 bits per heavy atom. The minimum atomic E-state index is -2.01. The van der Waals surface area contributed by atoms with E-state index in [2.05, 4.69) is 63.7 Å². The van der Waals surface area contributed by atoms with Gasteiger partial charge in [-0.25, -0.2) is 0 Å². The zero-order valence-electron chi connectivity index (χ0n) is 13.7. The highest BCUT2D eigenvalue weighted by atomic mass is 79.9. The Hall–Kier alpha value is 1.15. The predicted molar refractivity (Wildman–Crippen MR) is 107 cm³/mol. The van der Waals surface area contributed by atoms with E-state index in [4.69, 9.17) is 35.7 Å². The molecule has 0 aromatic rings. The first-order chi connectivity index (χ1) is 12.4. The number of carbonyl (C=O) groups is 1. The van der Waals surface area contributed by atoms with Gasteiger partial charge in [-0.1, -0.05) is 0 Å². The van der Waals surface area contributed by atoms with Gasteiger partial charge >= 0.3 is 0 Å². The van der Waals surface area contributed by atoms with Crippen molar-refractivity contribution < 1.29 is 61.0 Å². The molecule has 0 bridgehead atoms. The van der Waals surface area contributed by atoms with Crippen LogP contribution in [0.3, 0.4) is 0 Å². The van der Waals surface area contributed by atoms with Gasteiger partial charge < -0.3 is 61.0 Å². The quantitative estimate of drug-likeness (QED) is 0.0782. The Balaban J connectivity index is 0. The summed E-state index contributed by atoms with van der Waals surface area (Å²) in [7, 11) is 0. The van der Waals surface area contributed by atoms with Gasteiger partial charge in [0.25, 0.3) is 0 Å². The topological polar surface area (TPSA) is 240 Å². The Morgan fingerprint density at radius 1 is 0.679 bits per heavy atom. The molecule has 12 nitrogen and oxygen atoms in total. The summed E-state index contributed by atoms with van der Waals surface area (Å²) < 4.78 is -3.99. The van der Waals surface area contributed by atoms with Crippen LogP contribution in [0.2, 0.25) is 0 Å². The van der Waals surface area contributed by atoms with E-state index < -0.39 is 62.3 Å². The average molecular weight is 678 g/mol. The van der Waals surface area contributed by atoms with Gasteiger partial charge in [0.05, 0.1) is 6.61 Å². The van der Waals surface area contributed by atoms with Crippen LogP contribution >= 0.6 is 63.7 Å². The molecular weight excluding hydrogens is 656 g/mol. The van der Waals surface area contributed by atoms with Gasteiger partial charge in [0, 0.05) is 0 Å². The van der Waals surface area contributed by atoms with Crippen molar-refractivity contribution in [2.24, 2.45) is 0 Å². The monoisotopic (exact) mass is 674 g/mol. The lowest BCUT2D eigenvalue weighted by Gasteiger charge is -2.30. The van der Waals surface area contributed by atoms with Gasteiger partial charge in [0.15, 0.2) is 6.29 Å². The maximum absolute atomic E-state index is 10.0. The number of carbonyl (C=O) groups excluding carboxylic acids is 1. The molecule has 28 heavy (non-hydrogen) atoms. The molecule has 0 aromatic carbocycles. The summed E-state index contributed by atoms with van der Waals surface area (Å²) in [6.07, 6.45) is -14.4. The molecule has 0 aliphatic rings. The van der Waals surface area contributed by atoms with Crippen molar-refractivity contribution in [2.75, 3.05) is 6.61 Å². The van der Waals surface area contributed by atoms with Gasteiger partial charge in [-0.3, -0.25) is 0 Å². The summed E-state index contributed by atoms with van der Waals surface area (Å²) in [6.45, 7) is -0.770. The lowest BCUT2D eigenvalue weighted by Crippen LogP contribution is -2.51. The normalized spacial score (nSPS) is 21.2. The second-order valence-corrected chi connectivity index (χ2v) is 12.4. The SMILES string of the molecule is O=C[C@@H](O)[C@@H](O)[C@H](O)[C@H](O)C(O)(Br)Br.OC[C@@H](O)[C@@H](O)[C@H](O)[C@H](O)C(O)(Br)Br. The van der Waals surface area contributed by atoms with E-state index in [9.17, 15) is 25.2 Å². The fourth-order valence-corrected chi connectivity index (χ4v) is 2.49. The van der Waals surface area contributed by atoms with E-state index >= 15 is 0 Å². The van der Waals surface area contributed by atoms with Crippen LogP contribution in [0.25, 0.3) is 0 Å². The standard InChI is InChI=1S/C6H12Br2O6.C6H10Br2O6/c2*7-6(8,14)5(13)4(12)3(11)2(10)1-9/h2-5,9-14H,1H2;1-5,10-14H/t2*2-,3-,4+,5+/m11/s1. The number of aldehydes is 1. The van der Waals surface area contributed by atoms with Crippen molar-refractivity contribution in [3.63, 3.8) is 0 Å².